The monoisotopic (exact) mass is 581 g/mol. The second kappa shape index (κ2) is 9.23. The number of likely N-dealkylation sites (tertiary alicyclic amines) is 1. The fourth-order valence-electron chi connectivity index (χ4n) is 9.47. The van der Waals surface area contributed by atoms with Gasteiger partial charge in [-0.25, -0.2) is 22.0 Å². The number of aliphatic hydroxyl groups is 1. The Morgan fingerprint density at radius 1 is 1.15 bits per heavy atom. The number of alkyl halides is 3. The maximum Gasteiger partial charge on any atom is 0.199 e. The number of carbonyl (C=O) groups excluding carboxylic acids is 2. The summed E-state index contributed by atoms with van der Waals surface area (Å²) in [5.41, 5.74) is -5.51. The number of fused-ring (bicyclic) bond motifs is 7. The van der Waals surface area contributed by atoms with E-state index in [-0.39, 0.29) is 42.5 Å². The molecule has 0 unspecified atom stereocenters. The number of hydrogen-bond donors (Lipinski definition) is 1. The maximum atomic E-state index is 17.5. The molecule has 0 aromatic heterocycles. The summed E-state index contributed by atoms with van der Waals surface area (Å²) >= 11 is 0.552. The molecule has 4 fully saturated rings. The van der Waals surface area contributed by atoms with Gasteiger partial charge in [-0.2, -0.15) is 0 Å². The molecule has 3 saturated carbocycles. The van der Waals surface area contributed by atoms with Crippen molar-refractivity contribution in [2.75, 3.05) is 19.1 Å². The summed E-state index contributed by atoms with van der Waals surface area (Å²) in [5.74, 6) is -3.61. The molecule has 1 heterocycles. The highest BCUT2D eigenvalue weighted by molar-refractivity contribution is 8.13. The summed E-state index contributed by atoms with van der Waals surface area (Å²) in [7, 11) is 0. The Kier molecular flexibility index (Phi) is 6.48. The topological polar surface area (TPSA) is 57.6 Å². The van der Waals surface area contributed by atoms with Gasteiger partial charge in [-0.3, -0.25) is 14.5 Å². The molecule has 10 heteroatoms. The Labute approximate surface area is 234 Å². The predicted octanol–water partition coefficient (Wildman–Crippen LogP) is 5.50. The lowest BCUT2D eigenvalue weighted by Gasteiger charge is -2.63. The molecule has 1 N–H and O–H groups in total. The molecule has 216 valence electrons. The van der Waals surface area contributed by atoms with E-state index in [4.69, 9.17) is 0 Å². The summed E-state index contributed by atoms with van der Waals surface area (Å²) in [5, 5.41) is 11.2. The minimum Gasteiger partial charge on any atom is -0.390 e. The molecule has 1 saturated heterocycles. The lowest BCUT2D eigenvalue weighted by Crippen LogP contribution is -2.69. The van der Waals surface area contributed by atoms with Gasteiger partial charge in [-0.15, -0.1) is 0 Å². The van der Waals surface area contributed by atoms with E-state index in [1.807, 2.05) is 11.8 Å². The van der Waals surface area contributed by atoms with Crippen molar-refractivity contribution in [1.29, 1.82) is 0 Å². The number of benzene rings is 1. The zero-order chi connectivity index (χ0) is 28.8. The molecule has 6 rings (SSSR count). The molecular formula is C30H32F5NO3S. The minimum atomic E-state index is -2.27. The van der Waals surface area contributed by atoms with E-state index in [0.717, 1.165) is 12.1 Å². The van der Waals surface area contributed by atoms with Gasteiger partial charge in [-0.05, 0) is 78.9 Å². The van der Waals surface area contributed by atoms with Crippen molar-refractivity contribution < 1.29 is 36.6 Å². The van der Waals surface area contributed by atoms with Crippen molar-refractivity contribution >= 4 is 22.7 Å². The van der Waals surface area contributed by atoms with Gasteiger partial charge in [-0.1, -0.05) is 24.8 Å². The Bertz CT molecular complexity index is 1320. The number of halogens is 5. The number of nitrogens with zero attached hydrogens (tertiary/aromatic N) is 1. The molecule has 0 bridgehead atoms. The summed E-state index contributed by atoms with van der Waals surface area (Å²) in [6.07, 6.45) is 0.639. The van der Waals surface area contributed by atoms with Crippen LogP contribution in [0.5, 0.6) is 0 Å². The second-order valence-corrected chi connectivity index (χ2v) is 13.6. The van der Waals surface area contributed by atoms with Crippen molar-refractivity contribution in [2.24, 2.45) is 34.0 Å². The number of ketones is 1. The van der Waals surface area contributed by atoms with Gasteiger partial charge in [0, 0.05) is 37.0 Å². The first-order valence-electron chi connectivity index (χ1n) is 13.7. The van der Waals surface area contributed by atoms with Crippen LogP contribution in [-0.4, -0.2) is 57.9 Å². The first-order chi connectivity index (χ1) is 18.8. The van der Waals surface area contributed by atoms with E-state index in [1.165, 1.54) is 31.2 Å². The van der Waals surface area contributed by atoms with Crippen LogP contribution in [0.3, 0.4) is 0 Å². The standard InChI is InChI=1S/C30H32F5NO3S/c1-27-4-3-20(37)9-23(27)24(34)10-22-21-7-17-13-36(12-16-5-18(32)8-19(33)6-16)14-29(17,26(39)40-15-31)28(21,2)11-25(38)30(22,27)35/h3-6,8-9,17,21-22,24-25,38H,7,10-15H2,1-2H3/t17-,21-,22-,24-,25-,27-,28-,29+,30-/m0/s1. The first kappa shape index (κ1) is 28.1. The molecule has 40 heavy (non-hydrogen) atoms. The Morgan fingerprint density at radius 2 is 1.85 bits per heavy atom. The third kappa shape index (κ3) is 3.57. The van der Waals surface area contributed by atoms with Gasteiger partial charge in [0.1, 0.15) is 23.8 Å². The fourth-order valence-corrected chi connectivity index (χ4v) is 10.3. The SMILES string of the molecule is C[C@]12C=CC(=O)C=C1[C@@H](F)C[C@H]1[C@@H]3C[C@H]4CN(Cc5cc(F)cc(F)c5)C[C@@]4(C(=O)SCF)[C@@]3(C)C[C@H](O)[C@@]12F. The van der Waals surface area contributed by atoms with Crippen LogP contribution in [0.4, 0.5) is 22.0 Å². The van der Waals surface area contributed by atoms with Gasteiger partial charge < -0.3 is 5.11 Å². The number of rotatable bonds is 4. The average Bonchev–Trinajstić information content (AvgIpc) is 3.34. The number of aliphatic hydroxyl groups excluding tert-OH is 1. The number of allylic oxidation sites excluding steroid dienone is 4. The largest absolute Gasteiger partial charge is 0.390 e. The maximum absolute atomic E-state index is 17.5. The van der Waals surface area contributed by atoms with Crippen LogP contribution in [0.15, 0.2) is 42.0 Å². The molecule has 1 aliphatic heterocycles. The molecule has 0 spiro atoms. The number of thioether (sulfide) groups is 1. The van der Waals surface area contributed by atoms with Gasteiger partial charge in [0.2, 0.25) is 0 Å². The quantitative estimate of drug-likeness (QED) is 0.476. The second-order valence-electron chi connectivity index (χ2n) is 12.8. The normalized spacial score (nSPS) is 44.0. The van der Waals surface area contributed by atoms with Gasteiger partial charge in [0.05, 0.1) is 11.5 Å². The first-order valence-corrected chi connectivity index (χ1v) is 14.7. The molecule has 0 radical (unpaired) electrons. The molecule has 1 aromatic carbocycles. The van der Waals surface area contributed by atoms with Crippen molar-refractivity contribution in [3.8, 4) is 0 Å². The van der Waals surface area contributed by atoms with Crippen LogP contribution >= 0.6 is 11.8 Å². The van der Waals surface area contributed by atoms with Crippen LogP contribution in [0.25, 0.3) is 0 Å². The molecule has 1 aromatic rings. The van der Waals surface area contributed by atoms with Gasteiger partial charge in [0.25, 0.3) is 0 Å². The molecular weight excluding hydrogens is 549 g/mol. The zero-order valence-electron chi connectivity index (χ0n) is 22.3. The third-order valence-electron chi connectivity index (χ3n) is 11.1. The van der Waals surface area contributed by atoms with Crippen molar-refractivity contribution in [3.63, 3.8) is 0 Å². The molecule has 9 atom stereocenters. The van der Waals surface area contributed by atoms with E-state index in [1.54, 1.807) is 0 Å². The lowest BCUT2D eigenvalue weighted by molar-refractivity contribution is -0.210. The van der Waals surface area contributed by atoms with Crippen molar-refractivity contribution in [2.45, 2.75) is 57.6 Å². The third-order valence-corrected chi connectivity index (χ3v) is 11.8. The van der Waals surface area contributed by atoms with E-state index in [9.17, 15) is 27.9 Å². The molecule has 5 aliphatic rings. The average molecular weight is 582 g/mol. The molecule has 4 aliphatic carbocycles. The highest BCUT2D eigenvalue weighted by Crippen LogP contribution is 2.75. The highest BCUT2D eigenvalue weighted by Gasteiger charge is 2.78. The minimum absolute atomic E-state index is 0.0341. The highest BCUT2D eigenvalue weighted by atomic mass is 32.2. The molecule has 0 amide bonds. The fraction of sp³-hybridized carbons (Fsp3) is 0.600. The Balaban J connectivity index is 1.40. The summed E-state index contributed by atoms with van der Waals surface area (Å²) in [4.78, 5) is 27.8. The van der Waals surface area contributed by atoms with Crippen LogP contribution in [0.1, 0.15) is 38.7 Å². The lowest BCUT2D eigenvalue weighted by atomic mass is 9.43. The van der Waals surface area contributed by atoms with Gasteiger partial charge >= 0.3 is 0 Å². The van der Waals surface area contributed by atoms with Crippen LogP contribution in [-0.2, 0) is 16.1 Å². The predicted molar refractivity (Wildman–Crippen MR) is 140 cm³/mol. The van der Waals surface area contributed by atoms with Crippen molar-refractivity contribution in [3.05, 3.63) is 59.2 Å². The molecule has 4 nitrogen and oxygen atoms in total. The van der Waals surface area contributed by atoms with Crippen LogP contribution < -0.4 is 0 Å². The summed E-state index contributed by atoms with van der Waals surface area (Å²) < 4.78 is 74.6. The van der Waals surface area contributed by atoms with Crippen molar-refractivity contribution in [1.82, 2.24) is 4.90 Å². The van der Waals surface area contributed by atoms with E-state index >= 15 is 8.78 Å². The van der Waals surface area contributed by atoms with Crippen LogP contribution in [0, 0.1) is 45.6 Å². The number of carbonyl (C=O) groups is 2. The Morgan fingerprint density at radius 3 is 2.52 bits per heavy atom. The number of hydrogen-bond acceptors (Lipinski definition) is 5. The van der Waals surface area contributed by atoms with Gasteiger partial charge in [0.15, 0.2) is 16.6 Å². The Hall–Kier alpha value is -2.04. The van der Waals surface area contributed by atoms with Crippen LogP contribution in [0.2, 0.25) is 0 Å². The zero-order valence-corrected chi connectivity index (χ0v) is 23.1. The summed E-state index contributed by atoms with van der Waals surface area (Å²) in [6, 6.07) is 2.29. The van der Waals surface area contributed by atoms with E-state index in [0.29, 0.717) is 30.3 Å². The van der Waals surface area contributed by atoms with E-state index in [2.05, 4.69) is 0 Å². The van der Waals surface area contributed by atoms with E-state index < -0.39 is 69.4 Å². The smallest absolute Gasteiger partial charge is 0.199 e. The summed E-state index contributed by atoms with van der Waals surface area (Å²) in [6.45, 7) is 4.05.